The molecule has 0 aliphatic heterocycles. The molecule has 0 saturated heterocycles. The van der Waals surface area contributed by atoms with Crippen molar-refractivity contribution in [1.82, 2.24) is 4.90 Å². The Hall–Kier alpha value is -1.03. The van der Waals surface area contributed by atoms with E-state index in [0.717, 1.165) is 6.42 Å². The summed E-state index contributed by atoms with van der Waals surface area (Å²) in [4.78, 5) is 12.7. The number of rotatable bonds is 6. The second-order valence-corrected chi connectivity index (χ2v) is 2.58. The van der Waals surface area contributed by atoms with Crippen LogP contribution < -0.4 is 0 Å². The molecule has 1 amide bonds. The van der Waals surface area contributed by atoms with Gasteiger partial charge in [-0.1, -0.05) is 19.6 Å². The number of carbonyl (C=O) groups excluding carboxylic acids is 1. The zero-order chi connectivity index (χ0) is 10.1. The van der Waals surface area contributed by atoms with Gasteiger partial charge in [-0.05, 0) is 6.42 Å². The molecule has 0 aliphatic rings. The number of aliphatic hydroxyl groups is 1. The Kier molecular flexibility index (Phi) is 7.01. The van der Waals surface area contributed by atoms with Gasteiger partial charge in [0.05, 0.1) is 6.61 Å². The largest absolute Gasteiger partial charge is 0.445 e. The van der Waals surface area contributed by atoms with Crippen LogP contribution in [-0.2, 0) is 4.74 Å². The van der Waals surface area contributed by atoms with E-state index in [1.54, 1.807) is 0 Å². The van der Waals surface area contributed by atoms with Gasteiger partial charge >= 0.3 is 6.09 Å². The van der Waals surface area contributed by atoms with Gasteiger partial charge < -0.3 is 14.7 Å². The van der Waals surface area contributed by atoms with Crippen molar-refractivity contribution in [2.75, 3.05) is 26.3 Å². The number of aliphatic hydroxyl groups excluding tert-OH is 1. The predicted molar refractivity (Wildman–Crippen MR) is 50.5 cm³/mol. The normalized spacial score (nSPS) is 9.38. The van der Waals surface area contributed by atoms with Crippen molar-refractivity contribution in [2.45, 2.75) is 13.3 Å². The molecule has 0 aliphatic carbocycles. The van der Waals surface area contributed by atoms with Crippen LogP contribution in [-0.4, -0.2) is 42.4 Å². The summed E-state index contributed by atoms with van der Waals surface area (Å²) < 4.78 is 4.82. The van der Waals surface area contributed by atoms with E-state index < -0.39 is 6.09 Å². The number of amides is 1. The van der Waals surface area contributed by atoms with Crippen LogP contribution in [0.4, 0.5) is 4.79 Å². The highest BCUT2D eigenvalue weighted by molar-refractivity contribution is 5.67. The van der Waals surface area contributed by atoms with Crippen molar-refractivity contribution in [2.24, 2.45) is 0 Å². The molecule has 0 fully saturated rings. The molecule has 0 aromatic rings. The summed E-state index contributed by atoms with van der Waals surface area (Å²) in [7, 11) is 0. The molecule has 0 spiro atoms. The number of nitrogens with zero attached hydrogens (tertiary/aromatic N) is 1. The molecule has 0 rings (SSSR count). The quantitative estimate of drug-likeness (QED) is 0.631. The lowest BCUT2D eigenvalue weighted by Crippen LogP contribution is -2.34. The lowest BCUT2D eigenvalue weighted by Gasteiger charge is -2.19. The minimum Gasteiger partial charge on any atom is -0.445 e. The van der Waals surface area contributed by atoms with Gasteiger partial charge in [-0.2, -0.15) is 0 Å². The highest BCUT2D eigenvalue weighted by Gasteiger charge is 2.11. The van der Waals surface area contributed by atoms with E-state index >= 15 is 0 Å². The number of carbonyl (C=O) groups is 1. The van der Waals surface area contributed by atoms with E-state index in [4.69, 9.17) is 9.84 Å². The zero-order valence-corrected chi connectivity index (χ0v) is 8.03. The topological polar surface area (TPSA) is 49.8 Å². The summed E-state index contributed by atoms with van der Waals surface area (Å²) in [6.45, 7) is 6.51. The van der Waals surface area contributed by atoms with E-state index in [9.17, 15) is 4.79 Å². The minimum absolute atomic E-state index is 0.0385. The fraction of sp³-hybridized carbons (Fsp3) is 0.667. The van der Waals surface area contributed by atoms with Crippen molar-refractivity contribution in [3.63, 3.8) is 0 Å². The average Bonchev–Trinajstić information content (AvgIpc) is 2.14. The third-order valence-corrected chi connectivity index (χ3v) is 1.45. The lowest BCUT2D eigenvalue weighted by molar-refractivity contribution is 0.103. The van der Waals surface area contributed by atoms with Crippen LogP contribution in [0.3, 0.4) is 0 Å². The Morgan fingerprint density at radius 3 is 2.77 bits per heavy atom. The van der Waals surface area contributed by atoms with Gasteiger partial charge in [0.25, 0.3) is 0 Å². The maximum absolute atomic E-state index is 11.2. The fourth-order valence-corrected chi connectivity index (χ4v) is 0.907. The summed E-state index contributed by atoms with van der Waals surface area (Å²) in [6, 6.07) is 0. The van der Waals surface area contributed by atoms with Crippen molar-refractivity contribution < 1.29 is 14.6 Å². The summed E-state index contributed by atoms with van der Waals surface area (Å²) in [6.07, 6.45) is 1.97. The van der Waals surface area contributed by atoms with Crippen LogP contribution in [0.5, 0.6) is 0 Å². The Morgan fingerprint density at radius 1 is 1.62 bits per heavy atom. The third kappa shape index (κ3) is 5.25. The highest BCUT2D eigenvalue weighted by atomic mass is 16.6. The third-order valence-electron chi connectivity index (χ3n) is 1.45. The summed E-state index contributed by atoms with van der Waals surface area (Å²) >= 11 is 0. The fourth-order valence-electron chi connectivity index (χ4n) is 0.907. The van der Waals surface area contributed by atoms with Crippen LogP contribution in [0, 0.1) is 0 Å². The van der Waals surface area contributed by atoms with Crippen LogP contribution in [0.15, 0.2) is 12.7 Å². The zero-order valence-electron chi connectivity index (χ0n) is 8.03. The molecule has 76 valence electrons. The molecule has 0 radical (unpaired) electrons. The molecule has 4 nitrogen and oxygen atoms in total. The van der Waals surface area contributed by atoms with Gasteiger partial charge in [0.2, 0.25) is 0 Å². The molecule has 0 aromatic carbocycles. The maximum Gasteiger partial charge on any atom is 0.410 e. The number of ether oxygens (including phenoxy) is 1. The molecule has 0 saturated carbocycles. The minimum atomic E-state index is -0.393. The first-order chi connectivity index (χ1) is 6.26. The molecule has 0 atom stereocenters. The van der Waals surface area contributed by atoms with Crippen molar-refractivity contribution in [3.8, 4) is 0 Å². The Bertz CT molecular complexity index is 153. The van der Waals surface area contributed by atoms with E-state index in [1.165, 1.54) is 11.0 Å². The highest BCUT2D eigenvalue weighted by Crippen LogP contribution is 1.95. The van der Waals surface area contributed by atoms with Gasteiger partial charge in [-0.25, -0.2) is 4.79 Å². The van der Waals surface area contributed by atoms with E-state index in [1.807, 2.05) is 6.92 Å². The first-order valence-electron chi connectivity index (χ1n) is 4.39. The van der Waals surface area contributed by atoms with Gasteiger partial charge in [0.1, 0.15) is 6.61 Å². The van der Waals surface area contributed by atoms with Crippen LogP contribution in [0.25, 0.3) is 0 Å². The van der Waals surface area contributed by atoms with E-state index in [2.05, 4.69) is 6.58 Å². The first kappa shape index (κ1) is 12.0. The van der Waals surface area contributed by atoms with Crippen LogP contribution >= 0.6 is 0 Å². The maximum atomic E-state index is 11.2. The second-order valence-electron chi connectivity index (χ2n) is 2.58. The van der Waals surface area contributed by atoms with Gasteiger partial charge in [-0.3, -0.25) is 0 Å². The lowest BCUT2D eigenvalue weighted by atomic mass is 10.4. The molecule has 0 heterocycles. The summed E-state index contributed by atoms with van der Waals surface area (Å²) in [5.41, 5.74) is 0. The van der Waals surface area contributed by atoms with E-state index in [0.29, 0.717) is 13.1 Å². The molecular weight excluding hydrogens is 170 g/mol. The van der Waals surface area contributed by atoms with Gasteiger partial charge in [-0.15, -0.1) is 0 Å². The molecule has 0 unspecified atom stereocenters. The molecule has 0 bridgehead atoms. The van der Waals surface area contributed by atoms with Crippen molar-refractivity contribution >= 4 is 6.09 Å². The summed E-state index contributed by atoms with van der Waals surface area (Å²) in [5, 5.41) is 8.67. The Balaban J connectivity index is 3.86. The SMILES string of the molecule is C=CCOC(=O)N(CCC)CCO. The number of hydrogen-bond acceptors (Lipinski definition) is 3. The molecule has 13 heavy (non-hydrogen) atoms. The summed E-state index contributed by atoms with van der Waals surface area (Å²) in [5.74, 6) is 0. The molecule has 0 aromatic heterocycles. The Morgan fingerprint density at radius 2 is 2.31 bits per heavy atom. The van der Waals surface area contributed by atoms with Crippen molar-refractivity contribution in [3.05, 3.63) is 12.7 Å². The van der Waals surface area contributed by atoms with Crippen LogP contribution in [0.1, 0.15) is 13.3 Å². The average molecular weight is 187 g/mol. The predicted octanol–water partition coefficient (Wildman–Crippen LogP) is 1.01. The monoisotopic (exact) mass is 187 g/mol. The Labute approximate surface area is 78.8 Å². The molecule has 4 heteroatoms. The van der Waals surface area contributed by atoms with E-state index in [-0.39, 0.29) is 13.2 Å². The van der Waals surface area contributed by atoms with Gasteiger partial charge in [0, 0.05) is 13.1 Å². The van der Waals surface area contributed by atoms with Crippen molar-refractivity contribution in [1.29, 1.82) is 0 Å². The smallest absolute Gasteiger partial charge is 0.410 e. The van der Waals surface area contributed by atoms with Gasteiger partial charge in [0.15, 0.2) is 0 Å². The van der Waals surface area contributed by atoms with Crippen LogP contribution in [0.2, 0.25) is 0 Å². The second kappa shape index (κ2) is 7.61. The molecule has 1 N–H and O–H groups in total. The first-order valence-corrected chi connectivity index (χ1v) is 4.39. The standard InChI is InChI=1S/C9H17NO3/c1-3-5-10(6-7-11)9(12)13-8-4-2/h4,11H,2-3,5-8H2,1H3. The molecular formula is C9H17NO3. The number of hydrogen-bond donors (Lipinski definition) is 1.